The highest BCUT2D eigenvalue weighted by Crippen LogP contribution is 2.37. The smallest absolute Gasteiger partial charge is 0.354 e. The van der Waals surface area contributed by atoms with Crippen LogP contribution in [0.4, 0.5) is 0 Å². The van der Waals surface area contributed by atoms with Gasteiger partial charge in [-0.3, -0.25) is 0 Å². The number of thiophene rings is 1. The molecule has 0 spiro atoms. The molecule has 146 valence electrons. The first-order chi connectivity index (χ1) is 13.2. The lowest BCUT2D eigenvalue weighted by Crippen LogP contribution is -2.12. The predicted octanol–water partition coefficient (Wildman–Crippen LogP) is 4.81. The highest BCUT2D eigenvalue weighted by atomic mass is 35.5. The summed E-state index contributed by atoms with van der Waals surface area (Å²) < 4.78 is 28.5. The van der Waals surface area contributed by atoms with Crippen LogP contribution in [-0.4, -0.2) is 14.4 Å². The number of halogens is 1. The van der Waals surface area contributed by atoms with Gasteiger partial charge in [-0.2, -0.15) is 0 Å². The molecule has 5 nitrogen and oxygen atoms in total. The lowest BCUT2D eigenvalue weighted by atomic mass is 10.0. The molecular weight excluding hydrogens is 418 g/mol. The fourth-order valence-electron chi connectivity index (χ4n) is 2.88. The van der Waals surface area contributed by atoms with Crippen molar-refractivity contribution < 1.29 is 17.9 Å². The molecule has 0 unspecified atom stereocenters. The molecule has 8 heteroatoms. The van der Waals surface area contributed by atoms with Crippen molar-refractivity contribution >= 4 is 38.9 Å². The minimum Gasteiger partial charge on any atom is -0.422 e. The van der Waals surface area contributed by atoms with E-state index in [-0.39, 0.29) is 4.90 Å². The summed E-state index contributed by atoms with van der Waals surface area (Å²) in [5.41, 5.74) is 2.42. The zero-order chi connectivity index (χ0) is 20.5. The van der Waals surface area contributed by atoms with E-state index in [0.29, 0.717) is 15.6 Å². The van der Waals surface area contributed by atoms with Crippen molar-refractivity contribution in [1.82, 2.24) is 0 Å². The quantitative estimate of drug-likeness (QED) is 0.460. The summed E-state index contributed by atoms with van der Waals surface area (Å²) in [7, 11) is -3.78. The van der Waals surface area contributed by atoms with E-state index in [0.717, 1.165) is 28.0 Å². The number of aryl methyl sites for hydroxylation is 1. The number of hydrogen-bond acceptors (Lipinski definition) is 5. The first kappa shape index (κ1) is 20.5. The monoisotopic (exact) mass is 435 g/mol. The molecule has 3 rings (SSSR count). The SMILES string of the molecule is CCc1sc(C(=O)Oc2cccc(Cl)c2)c(-c2ccc(S(N)(=O)=O)cc2)c1C. The molecular formula is C20H18ClNO4S2. The van der Waals surface area contributed by atoms with Gasteiger partial charge in [0.2, 0.25) is 10.0 Å². The van der Waals surface area contributed by atoms with E-state index in [9.17, 15) is 13.2 Å². The summed E-state index contributed by atoms with van der Waals surface area (Å²) in [6, 6.07) is 12.8. The molecule has 28 heavy (non-hydrogen) atoms. The molecule has 0 aliphatic carbocycles. The number of benzene rings is 2. The summed E-state index contributed by atoms with van der Waals surface area (Å²) in [6.45, 7) is 3.95. The average molecular weight is 436 g/mol. The Hall–Kier alpha value is -2.19. The standard InChI is InChI=1S/C20H18ClNO4S2/c1-3-17-12(2)18(13-7-9-16(10-8-13)28(22,24)25)19(27-17)20(23)26-15-6-4-5-14(21)11-15/h4-11H,3H2,1-2H3,(H2,22,24,25). The van der Waals surface area contributed by atoms with E-state index in [2.05, 4.69) is 0 Å². The number of rotatable bonds is 5. The minimum atomic E-state index is -3.78. The molecule has 0 atom stereocenters. The summed E-state index contributed by atoms with van der Waals surface area (Å²) in [5.74, 6) is -0.127. The van der Waals surface area contributed by atoms with Crippen molar-refractivity contribution in [3.05, 3.63) is 68.9 Å². The van der Waals surface area contributed by atoms with Gasteiger partial charge in [0, 0.05) is 15.5 Å². The Morgan fingerprint density at radius 2 is 1.86 bits per heavy atom. The molecule has 0 saturated heterocycles. The van der Waals surface area contributed by atoms with Crippen molar-refractivity contribution in [1.29, 1.82) is 0 Å². The second-order valence-electron chi connectivity index (χ2n) is 6.12. The lowest BCUT2D eigenvalue weighted by Gasteiger charge is -2.08. The Bertz CT molecular complexity index is 1140. The number of primary sulfonamides is 1. The number of esters is 1. The first-order valence-electron chi connectivity index (χ1n) is 8.44. The van der Waals surface area contributed by atoms with Gasteiger partial charge in [0.15, 0.2) is 0 Å². The normalized spacial score (nSPS) is 11.4. The molecule has 2 aromatic carbocycles. The largest absolute Gasteiger partial charge is 0.422 e. The Morgan fingerprint density at radius 3 is 2.43 bits per heavy atom. The second-order valence-corrected chi connectivity index (χ2v) is 9.23. The second kappa shape index (κ2) is 8.05. The van der Waals surface area contributed by atoms with E-state index in [4.69, 9.17) is 21.5 Å². The number of ether oxygens (including phenoxy) is 1. The topological polar surface area (TPSA) is 86.5 Å². The van der Waals surface area contributed by atoms with Crippen molar-refractivity contribution in [3.8, 4) is 16.9 Å². The minimum absolute atomic E-state index is 0.0166. The van der Waals surface area contributed by atoms with E-state index < -0.39 is 16.0 Å². The number of sulfonamides is 1. The van der Waals surface area contributed by atoms with Crippen LogP contribution in [0.5, 0.6) is 5.75 Å². The Kier molecular flexibility index (Phi) is 5.90. The third-order valence-electron chi connectivity index (χ3n) is 4.23. The molecule has 0 bridgehead atoms. The maximum atomic E-state index is 12.9. The average Bonchev–Trinajstić information content (AvgIpc) is 2.97. The van der Waals surface area contributed by atoms with E-state index in [1.807, 2.05) is 13.8 Å². The van der Waals surface area contributed by atoms with E-state index >= 15 is 0 Å². The predicted molar refractivity (Wildman–Crippen MR) is 112 cm³/mol. The number of carbonyl (C=O) groups excluding carboxylic acids is 1. The first-order valence-corrected chi connectivity index (χ1v) is 11.2. The Balaban J connectivity index is 2.04. The fourth-order valence-corrected chi connectivity index (χ4v) is 4.72. The van der Waals surface area contributed by atoms with Gasteiger partial charge in [-0.05, 0) is 54.8 Å². The van der Waals surface area contributed by atoms with Crippen molar-refractivity contribution in [2.75, 3.05) is 0 Å². The van der Waals surface area contributed by atoms with Gasteiger partial charge >= 0.3 is 5.97 Å². The van der Waals surface area contributed by atoms with Crippen molar-refractivity contribution in [2.24, 2.45) is 5.14 Å². The highest BCUT2D eigenvalue weighted by Gasteiger charge is 2.23. The van der Waals surface area contributed by atoms with Crippen LogP contribution in [0.25, 0.3) is 11.1 Å². The van der Waals surface area contributed by atoms with Gasteiger partial charge in [-0.15, -0.1) is 11.3 Å². The third-order valence-corrected chi connectivity index (χ3v) is 6.81. The van der Waals surface area contributed by atoms with Gasteiger partial charge in [0.25, 0.3) is 0 Å². The van der Waals surface area contributed by atoms with Crippen LogP contribution in [0, 0.1) is 6.92 Å². The van der Waals surface area contributed by atoms with Gasteiger partial charge in [-0.25, -0.2) is 18.4 Å². The molecule has 0 fully saturated rings. The Morgan fingerprint density at radius 1 is 1.18 bits per heavy atom. The third kappa shape index (κ3) is 4.28. The van der Waals surface area contributed by atoms with Gasteiger partial charge < -0.3 is 4.74 Å². The zero-order valence-electron chi connectivity index (χ0n) is 15.2. The van der Waals surface area contributed by atoms with Crippen LogP contribution in [0.2, 0.25) is 5.02 Å². The zero-order valence-corrected chi connectivity index (χ0v) is 17.6. The van der Waals surface area contributed by atoms with Crippen LogP contribution in [0.15, 0.2) is 53.4 Å². The molecule has 0 amide bonds. The van der Waals surface area contributed by atoms with Crippen LogP contribution >= 0.6 is 22.9 Å². The molecule has 1 aromatic heterocycles. The van der Waals surface area contributed by atoms with Gasteiger partial charge in [0.1, 0.15) is 10.6 Å². The molecule has 0 aliphatic rings. The molecule has 1 heterocycles. The van der Waals surface area contributed by atoms with Gasteiger partial charge in [0.05, 0.1) is 4.90 Å². The lowest BCUT2D eigenvalue weighted by molar-refractivity contribution is 0.0740. The molecule has 0 aliphatic heterocycles. The fraction of sp³-hybridized carbons (Fsp3) is 0.150. The van der Waals surface area contributed by atoms with E-state index in [1.165, 1.54) is 23.5 Å². The van der Waals surface area contributed by atoms with Crippen molar-refractivity contribution in [3.63, 3.8) is 0 Å². The number of hydrogen-bond donors (Lipinski definition) is 1. The van der Waals surface area contributed by atoms with Crippen LogP contribution in [0.1, 0.15) is 27.0 Å². The van der Waals surface area contributed by atoms with E-state index in [1.54, 1.807) is 36.4 Å². The summed E-state index contributed by atoms with van der Waals surface area (Å²) in [6.07, 6.45) is 0.767. The Labute approximate surface area is 172 Å². The summed E-state index contributed by atoms with van der Waals surface area (Å²) in [4.78, 5) is 14.4. The number of carbonyl (C=O) groups is 1. The molecule has 3 aromatic rings. The summed E-state index contributed by atoms with van der Waals surface area (Å²) >= 11 is 7.33. The molecule has 0 radical (unpaired) electrons. The molecule has 2 N–H and O–H groups in total. The maximum Gasteiger partial charge on any atom is 0.354 e. The highest BCUT2D eigenvalue weighted by molar-refractivity contribution is 7.89. The molecule has 0 saturated carbocycles. The van der Waals surface area contributed by atoms with Crippen LogP contribution < -0.4 is 9.88 Å². The van der Waals surface area contributed by atoms with Crippen molar-refractivity contribution in [2.45, 2.75) is 25.2 Å². The maximum absolute atomic E-state index is 12.9. The summed E-state index contributed by atoms with van der Waals surface area (Å²) in [5, 5.41) is 5.64. The number of nitrogens with two attached hydrogens (primary N) is 1. The van der Waals surface area contributed by atoms with Crippen LogP contribution in [0.3, 0.4) is 0 Å². The van der Waals surface area contributed by atoms with Crippen LogP contribution in [-0.2, 0) is 16.4 Å². The van der Waals surface area contributed by atoms with Gasteiger partial charge in [-0.1, -0.05) is 36.7 Å².